The maximum atomic E-state index is 12.0. The van der Waals surface area contributed by atoms with Crippen molar-refractivity contribution in [2.75, 3.05) is 11.9 Å². The van der Waals surface area contributed by atoms with E-state index in [0.29, 0.717) is 17.4 Å². The second-order valence-corrected chi connectivity index (χ2v) is 5.63. The van der Waals surface area contributed by atoms with E-state index in [0.717, 1.165) is 6.42 Å². The highest BCUT2D eigenvalue weighted by molar-refractivity contribution is 6.03. The Morgan fingerprint density at radius 3 is 2.42 bits per heavy atom. The van der Waals surface area contributed by atoms with Crippen LogP contribution >= 0.6 is 0 Å². The normalized spacial score (nSPS) is 11.6. The lowest BCUT2D eigenvalue weighted by molar-refractivity contribution is -0.118. The first-order valence-corrected chi connectivity index (χ1v) is 7.92. The molecule has 0 fully saturated rings. The van der Waals surface area contributed by atoms with Crippen LogP contribution in [-0.2, 0) is 4.79 Å². The van der Waals surface area contributed by atoms with Crippen molar-refractivity contribution in [2.24, 2.45) is 5.73 Å². The van der Waals surface area contributed by atoms with E-state index in [-0.39, 0.29) is 18.1 Å². The number of hydrogen-bond acceptors (Lipinski definition) is 3. The van der Waals surface area contributed by atoms with Crippen molar-refractivity contribution >= 4 is 17.5 Å². The largest absolute Gasteiger partial charge is 0.484 e. The van der Waals surface area contributed by atoms with Crippen molar-refractivity contribution in [3.63, 3.8) is 0 Å². The lowest BCUT2D eigenvalue weighted by Gasteiger charge is -2.11. The van der Waals surface area contributed by atoms with Crippen LogP contribution in [-0.4, -0.2) is 18.4 Å². The SMILES string of the molecule is CC[C@H](C)c1ccc(OCC(=O)Nc2ccccc2C(N)=O)cc1. The van der Waals surface area contributed by atoms with Gasteiger partial charge in [-0.3, -0.25) is 9.59 Å². The van der Waals surface area contributed by atoms with Gasteiger partial charge in [-0.1, -0.05) is 38.1 Å². The minimum absolute atomic E-state index is 0.143. The first-order chi connectivity index (χ1) is 11.5. The van der Waals surface area contributed by atoms with Crippen LogP contribution in [0.15, 0.2) is 48.5 Å². The highest BCUT2D eigenvalue weighted by atomic mass is 16.5. The number of hydrogen-bond donors (Lipinski definition) is 2. The summed E-state index contributed by atoms with van der Waals surface area (Å²) in [7, 11) is 0. The van der Waals surface area contributed by atoms with E-state index in [4.69, 9.17) is 10.5 Å². The predicted octanol–water partition coefficient (Wildman–Crippen LogP) is 3.32. The summed E-state index contributed by atoms with van der Waals surface area (Å²) in [6.07, 6.45) is 1.07. The summed E-state index contributed by atoms with van der Waals surface area (Å²) in [6, 6.07) is 14.3. The van der Waals surface area contributed by atoms with Gasteiger partial charge in [0.15, 0.2) is 6.61 Å². The molecule has 0 saturated heterocycles. The standard InChI is InChI=1S/C19H22N2O3/c1-3-13(2)14-8-10-15(11-9-14)24-12-18(22)21-17-7-5-4-6-16(17)19(20)23/h4-11,13H,3,12H2,1-2H3,(H2,20,23)(H,21,22)/t13-/m0/s1. The maximum Gasteiger partial charge on any atom is 0.262 e. The van der Waals surface area contributed by atoms with E-state index < -0.39 is 5.91 Å². The van der Waals surface area contributed by atoms with E-state index in [1.54, 1.807) is 24.3 Å². The molecule has 24 heavy (non-hydrogen) atoms. The zero-order valence-corrected chi connectivity index (χ0v) is 13.9. The van der Waals surface area contributed by atoms with Crippen LogP contribution < -0.4 is 15.8 Å². The number of ether oxygens (including phenoxy) is 1. The van der Waals surface area contributed by atoms with Gasteiger partial charge in [0, 0.05) is 0 Å². The van der Waals surface area contributed by atoms with Gasteiger partial charge in [0.25, 0.3) is 11.8 Å². The molecule has 0 saturated carbocycles. The smallest absolute Gasteiger partial charge is 0.262 e. The fraction of sp³-hybridized carbons (Fsp3) is 0.263. The van der Waals surface area contributed by atoms with Crippen LogP contribution in [0, 0.1) is 0 Å². The average Bonchev–Trinajstić information content (AvgIpc) is 2.60. The molecule has 1 atom stereocenters. The number of para-hydroxylation sites is 1. The van der Waals surface area contributed by atoms with Crippen LogP contribution in [0.2, 0.25) is 0 Å². The summed E-state index contributed by atoms with van der Waals surface area (Å²) in [6.45, 7) is 4.17. The number of rotatable bonds is 7. The molecule has 126 valence electrons. The zero-order valence-electron chi connectivity index (χ0n) is 13.9. The number of carbonyl (C=O) groups is 2. The molecule has 0 unspecified atom stereocenters. The van der Waals surface area contributed by atoms with Crippen LogP contribution in [0.25, 0.3) is 0 Å². The fourth-order valence-electron chi connectivity index (χ4n) is 2.27. The number of carbonyl (C=O) groups excluding carboxylic acids is 2. The number of primary amides is 1. The van der Waals surface area contributed by atoms with Crippen molar-refractivity contribution < 1.29 is 14.3 Å². The molecule has 0 radical (unpaired) electrons. The minimum Gasteiger partial charge on any atom is -0.484 e. The maximum absolute atomic E-state index is 12.0. The molecule has 0 aliphatic heterocycles. The quantitative estimate of drug-likeness (QED) is 0.819. The van der Waals surface area contributed by atoms with Gasteiger partial charge >= 0.3 is 0 Å². The van der Waals surface area contributed by atoms with Crippen LogP contribution in [0.5, 0.6) is 5.75 Å². The van der Waals surface area contributed by atoms with Gasteiger partial charge in [-0.15, -0.1) is 0 Å². The first kappa shape index (κ1) is 17.5. The van der Waals surface area contributed by atoms with Crippen LogP contribution in [0.1, 0.15) is 42.1 Å². The van der Waals surface area contributed by atoms with E-state index in [1.165, 1.54) is 5.56 Å². The minimum atomic E-state index is -0.590. The Hall–Kier alpha value is -2.82. The Morgan fingerprint density at radius 2 is 1.79 bits per heavy atom. The van der Waals surface area contributed by atoms with Gasteiger partial charge in [0.1, 0.15) is 5.75 Å². The molecule has 0 aromatic heterocycles. The Morgan fingerprint density at radius 1 is 1.12 bits per heavy atom. The number of nitrogens with one attached hydrogen (secondary N) is 1. The molecule has 2 rings (SSSR count). The average molecular weight is 326 g/mol. The molecule has 0 spiro atoms. The van der Waals surface area contributed by atoms with Crippen molar-refractivity contribution in [3.05, 3.63) is 59.7 Å². The molecule has 2 aromatic carbocycles. The van der Waals surface area contributed by atoms with Gasteiger partial charge < -0.3 is 15.8 Å². The molecule has 0 aliphatic carbocycles. The van der Waals surface area contributed by atoms with E-state index in [2.05, 4.69) is 19.2 Å². The molecule has 0 bridgehead atoms. The molecule has 2 aromatic rings. The third kappa shape index (κ3) is 4.59. The molecule has 5 heteroatoms. The van der Waals surface area contributed by atoms with E-state index in [1.807, 2.05) is 24.3 Å². The van der Waals surface area contributed by atoms with E-state index >= 15 is 0 Å². The number of nitrogens with two attached hydrogens (primary N) is 1. The summed E-state index contributed by atoms with van der Waals surface area (Å²) in [5, 5.41) is 2.64. The van der Waals surface area contributed by atoms with Gasteiger partial charge in [0.05, 0.1) is 11.3 Å². The Bertz CT molecular complexity index is 711. The van der Waals surface area contributed by atoms with Crippen LogP contribution in [0.3, 0.4) is 0 Å². The summed E-state index contributed by atoms with van der Waals surface area (Å²) in [4.78, 5) is 23.3. The van der Waals surface area contributed by atoms with Crippen molar-refractivity contribution in [2.45, 2.75) is 26.2 Å². The second-order valence-electron chi connectivity index (χ2n) is 5.63. The number of benzene rings is 2. The number of amides is 2. The van der Waals surface area contributed by atoms with Gasteiger partial charge in [0.2, 0.25) is 0 Å². The molecule has 2 amide bonds. The Balaban J connectivity index is 1.93. The molecule has 3 N–H and O–H groups in total. The van der Waals surface area contributed by atoms with E-state index in [9.17, 15) is 9.59 Å². The Labute approximate surface area is 141 Å². The molecule has 0 heterocycles. The summed E-state index contributed by atoms with van der Waals surface area (Å²) in [5.74, 6) is 0.176. The lowest BCUT2D eigenvalue weighted by Crippen LogP contribution is -2.22. The van der Waals surface area contributed by atoms with Gasteiger partial charge in [-0.05, 0) is 42.2 Å². The molecular formula is C19H22N2O3. The van der Waals surface area contributed by atoms with Crippen LogP contribution in [0.4, 0.5) is 5.69 Å². The molecule has 0 aliphatic rings. The molecular weight excluding hydrogens is 304 g/mol. The zero-order chi connectivity index (χ0) is 17.5. The van der Waals surface area contributed by atoms with Gasteiger partial charge in [-0.2, -0.15) is 0 Å². The van der Waals surface area contributed by atoms with Gasteiger partial charge in [-0.25, -0.2) is 0 Å². The third-order valence-electron chi connectivity index (χ3n) is 3.90. The highest BCUT2D eigenvalue weighted by Gasteiger charge is 2.11. The number of anilines is 1. The third-order valence-corrected chi connectivity index (χ3v) is 3.90. The summed E-state index contributed by atoms with van der Waals surface area (Å²) in [5.41, 5.74) is 7.17. The Kier molecular flexibility index (Phi) is 5.95. The van der Waals surface area contributed by atoms with Crippen molar-refractivity contribution in [1.82, 2.24) is 0 Å². The summed E-state index contributed by atoms with van der Waals surface area (Å²) < 4.78 is 5.48. The highest BCUT2D eigenvalue weighted by Crippen LogP contribution is 2.21. The fourth-order valence-corrected chi connectivity index (χ4v) is 2.27. The summed E-state index contributed by atoms with van der Waals surface area (Å²) >= 11 is 0. The lowest BCUT2D eigenvalue weighted by atomic mass is 9.99. The molecule has 5 nitrogen and oxygen atoms in total. The first-order valence-electron chi connectivity index (χ1n) is 7.92. The topological polar surface area (TPSA) is 81.4 Å². The van der Waals surface area contributed by atoms with Crippen molar-refractivity contribution in [1.29, 1.82) is 0 Å². The monoisotopic (exact) mass is 326 g/mol. The second kappa shape index (κ2) is 8.15. The van der Waals surface area contributed by atoms with Crippen molar-refractivity contribution in [3.8, 4) is 5.75 Å². The predicted molar refractivity (Wildman–Crippen MR) is 94.2 cm³/mol.